The quantitative estimate of drug-likeness (QED) is 0.933. The van der Waals surface area contributed by atoms with Crippen molar-refractivity contribution in [2.45, 2.75) is 14.7 Å². The molecule has 0 aliphatic rings. The van der Waals surface area contributed by atoms with Crippen LogP contribution in [-0.2, 0) is 9.84 Å². The Labute approximate surface area is 110 Å². The average Bonchev–Trinajstić information content (AvgIpc) is 2.32. The minimum atomic E-state index is -3.14. The van der Waals surface area contributed by atoms with E-state index in [0.717, 1.165) is 9.79 Å². The van der Waals surface area contributed by atoms with E-state index < -0.39 is 9.84 Å². The third kappa shape index (κ3) is 3.24. The molecular formula is C12H12N2O2S2. The maximum Gasteiger partial charge on any atom is 0.175 e. The minimum Gasteiger partial charge on any atom is -0.384 e. The van der Waals surface area contributed by atoms with Crippen LogP contribution in [0.25, 0.3) is 0 Å². The fraction of sp³-hybridized carbons (Fsp3) is 0.0833. The highest BCUT2D eigenvalue weighted by Gasteiger charge is 2.06. The van der Waals surface area contributed by atoms with Gasteiger partial charge in [-0.15, -0.1) is 0 Å². The second-order valence-electron chi connectivity index (χ2n) is 3.76. The van der Waals surface area contributed by atoms with Gasteiger partial charge in [-0.2, -0.15) is 0 Å². The van der Waals surface area contributed by atoms with E-state index >= 15 is 0 Å². The van der Waals surface area contributed by atoms with Gasteiger partial charge in [-0.1, -0.05) is 11.8 Å². The molecule has 1 aromatic carbocycles. The van der Waals surface area contributed by atoms with Crippen LogP contribution in [0, 0.1) is 0 Å². The highest BCUT2D eigenvalue weighted by Crippen LogP contribution is 2.28. The van der Waals surface area contributed by atoms with Gasteiger partial charge in [-0.05, 0) is 36.4 Å². The second-order valence-corrected chi connectivity index (χ2v) is 6.93. The fourth-order valence-electron chi connectivity index (χ4n) is 1.34. The van der Waals surface area contributed by atoms with E-state index in [-0.39, 0.29) is 0 Å². The molecule has 0 aliphatic heterocycles. The Morgan fingerprint density at radius 3 is 2.17 bits per heavy atom. The summed E-state index contributed by atoms with van der Waals surface area (Å²) < 4.78 is 22.6. The van der Waals surface area contributed by atoms with Gasteiger partial charge < -0.3 is 5.73 Å². The summed E-state index contributed by atoms with van der Waals surface area (Å²) in [5.41, 5.74) is 5.50. The van der Waals surface area contributed by atoms with Gasteiger partial charge in [0.15, 0.2) is 9.84 Å². The van der Waals surface area contributed by atoms with Crippen molar-refractivity contribution < 1.29 is 8.42 Å². The number of pyridine rings is 1. The lowest BCUT2D eigenvalue weighted by atomic mass is 10.4. The molecule has 0 unspecified atom stereocenters. The van der Waals surface area contributed by atoms with Gasteiger partial charge in [0.2, 0.25) is 0 Å². The van der Waals surface area contributed by atoms with E-state index in [1.807, 2.05) is 6.07 Å². The molecule has 0 radical (unpaired) electrons. The van der Waals surface area contributed by atoms with Gasteiger partial charge in [0.25, 0.3) is 0 Å². The summed E-state index contributed by atoms with van der Waals surface area (Å²) in [5.74, 6) is 0.478. The van der Waals surface area contributed by atoms with Gasteiger partial charge in [-0.25, -0.2) is 13.4 Å². The van der Waals surface area contributed by atoms with Gasteiger partial charge >= 0.3 is 0 Å². The average molecular weight is 280 g/mol. The van der Waals surface area contributed by atoms with Crippen molar-refractivity contribution >= 4 is 27.4 Å². The van der Waals surface area contributed by atoms with E-state index in [1.54, 1.807) is 36.5 Å². The van der Waals surface area contributed by atoms with Crippen molar-refractivity contribution in [3.63, 3.8) is 0 Å². The maximum absolute atomic E-state index is 11.3. The van der Waals surface area contributed by atoms with Crippen molar-refractivity contribution in [3.05, 3.63) is 42.6 Å². The van der Waals surface area contributed by atoms with Crippen LogP contribution in [0.5, 0.6) is 0 Å². The Kier molecular flexibility index (Phi) is 3.58. The van der Waals surface area contributed by atoms with Crippen molar-refractivity contribution in [1.29, 1.82) is 0 Å². The molecule has 2 rings (SSSR count). The first-order valence-corrected chi connectivity index (χ1v) is 7.85. The zero-order chi connectivity index (χ0) is 13.2. The third-order valence-electron chi connectivity index (χ3n) is 2.25. The van der Waals surface area contributed by atoms with E-state index in [4.69, 9.17) is 5.73 Å². The summed E-state index contributed by atoms with van der Waals surface area (Å²) >= 11 is 1.50. The molecule has 0 saturated heterocycles. The molecule has 0 bridgehead atoms. The summed E-state index contributed by atoms with van der Waals surface area (Å²) in [6.07, 6.45) is 2.88. The molecule has 6 heteroatoms. The van der Waals surface area contributed by atoms with Crippen molar-refractivity contribution in [1.82, 2.24) is 4.98 Å². The highest BCUT2D eigenvalue weighted by atomic mass is 32.2. The molecule has 0 amide bonds. The zero-order valence-corrected chi connectivity index (χ0v) is 11.3. The van der Waals surface area contributed by atoms with Crippen molar-refractivity contribution in [2.75, 3.05) is 12.0 Å². The number of nitrogens with two attached hydrogens (primary N) is 1. The summed E-state index contributed by atoms with van der Waals surface area (Å²) in [4.78, 5) is 6.22. The number of nitrogens with zero attached hydrogens (tertiary/aromatic N) is 1. The Morgan fingerprint density at radius 2 is 1.67 bits per heavy atom. The van der Waals surface area contributed by atoms with Gasteiger partial charge in [0.05, 0.1) is 4.90 Å². The molecule has 18 heavy (non-hydrogen) atoms. The number of nitrogen functional groups attached to an aromatic ring is 1. The second kappa shape index (κ2) is 4.99. The molecule has 0 atom stereocenters. The van der Waals surface area contributed by atoms with Gasteiger partial charge in [0.1, 0.15) is 5.82 Å². The van der Waals surface area contributed by atoms with E-state index in [9.17, 15) is 8.42 Å². The standard InChI is InChI=1S/C12H12N2O2S2/c1-18(15,16)11-5-2-9(3-6-11)17-10-4-7-12(13)14-8-10/h2-8H,1H3,(H2,13,14). The van der Waals surface area contributed by atoms with E-state index in [1.165, 1.54) is 18.0 Å². The van der Waals surface area contributed by atoms with Crippen molar-refractivity contribution in [3.8, 4) is 0 Å². The number of hydrogen-bond acceptors (Lipinski definition) is 5. The minimum absolute atomic E-state index is 0.322. The molecule has 2 N–H and O–H groups in total. The number of benzene rings is 1. The normalized spacial score (nSPS) is 11.4. The van der Waals surface area contributed by atoms with Crippen LogP contribution in [0.4, 0.5) is 5.82 Å². The number of rotatable bonds is 3. The van der Waals surface area contributed by atoms with Crippen LogP contribution >= 0.6 is 11.8 Å². The predicted octanol–water partition coefficient (Wildman–Crippen LogP) is 2.22. The molecule has 0 saturated carbocycles. The van der Waals surface area contributed by atoms with Crippen LogP contribution in [-0.4, -0.2) is 19.7 Å². The number of aromatic nitrogens is 1. The first kappa shape index (κ1) is 12.9. The molecule has 94 valence electrons. The van der Waals surface area contributed by atoms with Gasteiger partial charge in [-0.3, -0.25) is 0 Å². The Bertz CT molecular complexity index is 635. The lowest BCUT2D eigenvalue weighted by molar-refractivity contribution is 0.602. The SMILES string of the molecule is CS(=O)(=O)c1ccc(Sc2ccc(N)nc2)cc1. The Hall–Kier alpha value is -1.53. The Morgan fingerprint density at radius 1 is 1.06 bits per heavy atom. The number of hydrogen-bond donors (Lipinski definition) is 1. The summed E-state index contributed by atoms with van der Waals surface area (Å²) in [6.45, 7) is 0. The lowest BCUT2D eigenvalue weighted by Gasteiger charge is -2.03. The molecular weight excluding hydrogens is 268 g/mol. The molecule has 2 aromatic rings. The lowest BCUT2D eigenvalue weighted by Crippen LogP contribution is -1.95. The van der Waals surface area contributed by atoms with Crippen LogP contribution in [0.1, 0.15) is 0 Å². The maximum atomic E-state index is 11.3. The monoisotopic (exact) mass is 280 g/mol. The van der Waals surface area contributed by atoms with Crippen LogP contribution < -0.4 is 5.73 Å². The summed E-state index contributed by atoms with van der Waals surface area (Å²) in [6, 6.07) is 10.4. The molecule has 1 aromatic heterocycles. The van der Waals surface area contributed by atoms with Crippen molar-refractivity contribution in [2.24, 2.45) is 0 Å². The highest BCUT2D eigenvalue weighted by molar-refractivity contribution is 7.99. The van der Waals surface area contributed by atoms with E-state index in [2.05, 4.69) is 4.98 Å². The molecule has 0 aliphatic carbocycles. The molecule has 4 nitrogen and oxygen atoms in total. The first-order valence-electron chi connectivity index (χ1n) is 5.15. The smallest absolute Gasteiger partial charge is 0.175 e. The topological polar surface area (TPSA) is 73.0 Å². The zero-order valence-electron chi connectivity index (χ0n) is 9.70. The molecule has 0 fully saturated rings. The first-order chi connectivity index (χ1) is 8.45. The molecule has 0 spiro atoms. The number of anilines is 1. The summed E-state index contributed by atoms with van der Waals surface area (Å²) in [7, 11) is -3.14. The Balaban J connectivity index is 2.18. The third-order valence-corrected chi connectivity index (χ3v) is 4.36. The van der Waals surface area contributed by atoms with Crippen LogP contribution in [0.3, 0.4) is 0 Å². The predicted molar refractivity (Wildman–Crippen MR) is 72.3 cm³/mol. The van der Waals surface area contributed by atoms with Crippen LogP contribution in [0.15, 0.2) is 57.3 Å². The van der Waals surface area contributed by atoms with E-state index in [0.29, 0.717) is 10.7 Å². The largest absolute Gasteiger partial charge is 0.384 e. The van der Waals surface area contributed by atoms with Crippen LogP contribution in [0.2, 0.25) is 0 Å². The summed E-state index contributed by atoms with van der Waals surface area (Å²) in [5, 5.41) is 0. The van der Waals surface area contributed by atoms with Gasteiger partial charge in [0, 0.05) is 22.2 Å². The fourth-order valence-corrected chi connectivity index (χ4v) is 2.76. The molecule has 1 heterocycles. The number of sulfone groups is 1.